The van der Waals surface area contributed by atoms with Gasteiger partial charge in [-0.3, -0.25) is 4.79 Å². The Morgan fingerprint density at radius 1 is 1.53 bits per heavy atom. The lowest BCUT2D eigenvalue weighted by atomic mass is 10.1. The van der Waals surface area contributed by atoms with E-state index in [2.05, 4.69) is 19.2 Å². The molecule has 19 heavy (non-hydrogen) atoms. The molecule has 0 aliphatic rings. The predicted octanol–water partition coefficient (Wildman–Crippen LogP) is 3.31. The second-order valence-corrected chi connectivity index (χ2v) is 5.13. The number of amides is 1. The zero-order valence-electron chi connectivity index (χ0n) is 11.4. The van der Waals surface area contributed by atoms with E-state index in [0.29, 0.717) is 28.9 Å². The van der Waals surface area contributed by atoms with Crippen LogP contribution in [0.4, 0.5) is 11.4 Å². The Morgan fingerprint density at radius 2 is 2.26 bits per heavy atom. The van der Waals surface area contributed by atoms with Crippen molar-refractivity contribution in [3.63, 3.8) is 0 Å². The molecule has 0 aliphatic heterocycles. The molecule has 0 radical (unpaired) electrons. The van der Waals surface area contributed by atoms with Crippen LogP contribution >= 0.6 is 11.6 Å². The maximum Gasteiger partial charge on any atom is 0.250 e. The van der Waals surface area contributed by atoms with Gasteiger partial charge in [0.05, 0.1) is 11.4 Å². The van der Waals surface area contributed by atoms with E-state index in [1.54, 1.807) is 18.2 Å². The standard InChI is InChI=1S/C14H21ClN2O2/c1-3-4-10(2)8-19-9-14(18)17-13-7-11(15)5-6-12(13)16/h5-7,10H,3-4,8-9,16H2,1-2H3,(H,17,18). The molecule has 4 nitrogen and oxygen atoms in total. The number of anilines is 2. The fourth-order valence-corrected chi connectivity index (χ4v) is 1.92. The molecule has 3 N–H and O–H groups in total. The topological polar surface area (TPSA) is 64.3 Å². The Morgan fingerprint density at radius 3 is 2.95 bits per heavy atom. The Bertz CT molecular complexity index is 424. The van der Waals surface area contributed by atoms with Gasteiger partial charge < -0.3 is 15.8 Å². The molecular formula is C14H21ClN2O2. The summed E-state index contributed by atoms with van der Waals surface area (Å²) in [6.45, 7) is 4.85. The highest BCUT2D eigenvalue weighted by Crippen LogP contribution is 2.22. The average molecular weight is 285 g/mol. The number of nitrogen functional groups attached to an aromatic ring is 1. The summed E-state index contributed by atoms with van der Waals surface area (Å²) in [5.74, 6) is 0.242. The molecule has 0 saturated carbocycles. The fraction of sp³-hybridized carbons (Fsp3) is 0.500. The molecule has 0 fully saturated rings. The molecule has 5 heteroatoms. The predicted molar refractivity (Wildman–Crippen MR) is 79.4 cm³/mol. The quantitative estimate of drug-likeness (QED) is 0.755. The van der Waals surface area contributed by atoms with Crippen LogP contribution in [0.5, 0.6) is 0 Å². The van der Waals surface area contributed by atoms with E-state index in [1.165, 1.54) is 0 Å². The Hall–Kier alpha value is -1.26. The third kappa shape index (κ3) is 5.94. The van der Waals surface area contributed by atoms with Crippen molar-refractivity contribution in [1.82, 2.24) is 0 Å². The third-order valence-electron chi connectivity index (χ3n) is 2.71. The summed E-state index contributed by atoms with van der Waals surface area (Å²) in [7, 11) is 0. The number of nitrogens with one attached hydrogen (secondary N) is 1. The molecule has 0 aliphatic carbocycles. The molecule has 1 amide bonds. The van der Waals surface area contributed by atoms with Crippen molar-refractivity contribution in [3.8, 4) is 0 Å². The van der Waals surface area contributed by atoms with E-state index >= 15 is 0 Å². The lowest BCUT2D eigenvalue weighted by Crippen LogP contribution is -2.20. The molecule has 0 aromatic heterocycles. The molecule has 1 atom stereocenters. The van der Waals surface area contributed by atoms with Crippen LogP contribution in [0, 0.1) is 5.92 Å². The Kier molecular flexibility index (Phi) is 6.67. The van der Waals surface area contributed by atoms with Crippen molar-refractivity contribution in [2.75, 3.05) is 24.3 Å². The normalized spacial score (nSPS) is 12.2. The van der Waals surface area contributed by atoms with Crippen molar-refractivity contribution in [2.24, 2.45) is 5.92 Å². The Balaban J connectivity index is 2.37. The van der Waals surface area contributed by atoms with Crippen LogP contribution in [0.1, 0.15) is 26.7 Å². The summed E-state index contributed by atoms with van der Waals surface area (Å²) in [6.07, 6.45) is 2.22. The smallest absolute Gasteiger partial charge is 0.250 e. The van der Waals surface area contributed by atoms with Crippen molar-refractivity contribution < 1.29 is 9.53 Å². The molecular weight excluding hydrogens is 264 g/mol. The van der Waals surface area contributed by atoms with Crippen LogP contribution < -0.4 is 11.1 Å². The van der Waals surface area contributed by atoms with Crippen LogP contribution in [0.25, 0.3) is 0 Å². The number of hydrogen-bond acceptors (Lipinski definition) is 3. The molecule has 1 rings (SSSR count). The van der Waals surface area contributed by atoms with Crippen LogP contribution in [0.3, 0.4) is 0 Å². The van der Waals surface area contributed by atoms with Gasteiger partial charge in [-0.1, -0.05) is 31.9 Å². The molecule has 0 spiro atoms. The second kappa shape index (κ2) is 8.02. The number of carbonyl (C=O) groups is 1. The molecule has 0 saturated heterocycles. The highest BCUT2D eigenvalue weighted by atomic mass is 35.5. The van der Waals surface area contributed by atoms with Crippen molar-refractivity contribution in [1.29, 1.82) is 0 Å². The van der Waals surface area contributed by atoms with Crippen LogP contribution in [-0.4, -0.2) is 19.1 Å². The van der Waals surface area contributed by atoms with E-state index in [1.807, 2.05) is 0 Å². The summed E-state index contributed by atoms with van der Waals surface area (Å²) < 4.78 is 5.37. The van der Waals surface area contributed by atoms with E-state index in [0.717, 1.165) is 12.8 Å². The van der Waals surface area contributed by atoms with Gasteiger partial charge in [-0.15, -0.1) is 0 Å². The number of halogens is 1. The molecule has 0 bridgehead atoms. The molecule has 1 unspecified atom stereocenters. The summed E-state index contributed by atoms with van der Waals surface area (Å²) in [6, 6.07) is 4.95. The van der Waals surface area contributed by atoms with E-state index < -0.39 is 0 Å². The molecule has 106 valence electrons. The van der Waals surface area contributed by atoms with Gasteiger partial charge in [-0.2, -0.15) is 0 Å². The minimum Gasteiger partial charge on any atom is -0.397 e. The van der Waals surface area contributed by atoms with Gasteiger partial charge in [0.15, 0.2) is 0 Å². The largest absolute Gasteiger partial charge is 0.397 e. The minimum absolute atomic E-state index is 0.0278. The van der Waals surface area contributed by atoms with E-state index in [4.69, 9.17) is 22.1 Å². The van der Waals surface area contributed by atoms with Gasteiger partial charge in [-0.25, -0.2) is 0 Å². The maximum absolute atomic E-state index is 11.7. The van der Waals surface area contributed by atoms with Gasteiger partial charge in [-0.05, 0) is 30.5 Å². The number of ether oxygens (including phenoxy) is 1. The first-order chi connectivity index (χ1) is 9.02. The van der Waals surface area contributed by atoms with Crippen molar-refractivity contribution in [2.45, 2.75) is 26.7 Å². The zero-order chi connectivity index (χ0) is 14.3. The van der Waals surface area contributed by atoms with Gasteiger partial charge in [0.1, 0.15) is 6.61 Å². The molecule has 0 heterocycles. The Labute approximate surface area is 119 Å². The van der Waals surface area contributed by atoms with Gasteiger partial charge in [0, 0.05) is 11.6 Å². The summed E-state index contributed by atoms with van der Waals surface area (Å²) in [4.78, 5) is 11.7. The average Bonchev–Trinajstić information content (AvgIpc) is 2.34. The van der Waals surface area contributed by atoms with Crippen molar-refractivity contribution in [3.05, 3.63) is 23.2 Å². The molecule has 1 aromatic rings. The van der Waals surface area contributed by atoms with E-state index in [9.17, 15) is 4.79 Å². The van der Waals surface area contributed by atoms with Gasteiger partial charge in [0.2, 0.25) is 5.91 Å². The second-order valence-electron chi connectivity index (χ2n) is 4.69. The summed E-state index contributed by atoms with van der Waals surface area (Å²) in [5.41, 5.74) is 6.74. The van der Waals surface area contributed by atoms with Crippen LogP contribution in [-0.2, 0) is 9.53 Å². The number of rotatable bonds is 7. The van der Waals surface area contributed by atoms with Crippen molar-refractivity contribution >= 4 is 28.9 Å². The number of nitrogens with two attached hydrogens (primary N) is 1. The van der Waals surface area contributed by atoms with Crippen LogP contribution in [0.2, 0.25) is 5.02 Å². The van der Waals surface area contributed by atoms with E-state index in [-0.39, 0.29) is 12.5 Å². The zero-order valence-corrected chi connectivity index (χ0v) is 12.2. The lowest BCUT2D eigenvalue weighted by molar-refractivity contribution is -0.121. The highest BCUT2D eigenvalue weighted by Gasteiger charge is 2.07. The summed E-state index contributed by atoms with van der Waals surface area (Å²) in [5, 5.41) is 3.21. The highest BCUT2D eigenvalue weighted by molar-refractivity contribution is 6.31. The van der Waals surface area contributed by atoms with Gasteiger partial charge >= 0.3 is 0 Å². The SMILES string of the molecule is CCCC(C)COCC(=O)Nc1cc(Cl)ccc1N. The number of benzene rings is 1. The first-order valence-corrected chi connectivity index (χ1v) is 6.83. The number of hydrogen-bond donors (Lipinski definition) is 2. The minimum atomic E-state index is -0.224. The first kappa shape index (κ1) is 15.8. The maximum atomic E-state index is 11.7. The first-order valence-electron chi connectivity index (χ1n) is 6.45. The van der Waals surface area contributed by atoms with Gasteiger partial charge in [0.25, 0.3) is 0 Å². The van der Waals surface area contributed by atoms with Crippen LogP contribution in [0.15, 0.2) is 18.2 Å². The fourth-order valence-electron chi connectivity index (χ4n) is 1.75. The third-order valence-corrected chi connectivity index (χ3v) is 2.94. The molecule has 1 aromatic carbocycles. The lowest BCUT2D eigenvalue weighted by Gasteiger charge is -2.12. The monoisotopic (exact) mass is 284 g/mol. The summed E-state index contributed by atoms with van der Waals surface area (Å²) >= 11 is 5.84. The number of carbonyl (C=O) groups excluding carboxylic acids is 1.